The highest BCUT2D eigenvalue weighted by Gasteiger charge is 2.31. The highest BCUT2D eigenvalue weighted by Crippen LogP contribution is 2.35. The quantitative estimate of drug-likeness (QED) is 0.559. The number of hydrogen-bond acceptors (Lipinski definition) is 2. The van der Waals surface area contributed by atoms with Crippen LogP contribution in [0.3, 0.4) is 0 Å². The van der Waals surface area contributed by atoms with Crippen LogP contribution in [0.4, 0.5) is 18.0 Å². The zero-order valence-corrected chi connectivity index (χ0v) is 14.8. The fraction of sp³-hybridized carbons (Fsp3) is 0.438. The molecule has 8 heteroatoms. The summed E-state index contributed by atoms with van der Waals surface area (Å²) in [5.74, 6) is 5.30. The van der Waals surface area contributed by atoms with Gasteiger partial charge in [0.2, 0.25) is 0 Å². The van der Waals surface area contributed by atoms with E-state index in [1.807, 2.05) is 0 Å². The van der Waals surface area contributed by atoms with Crippen LogP contribution < -0.4 is 5.32 Å². The van der Waals surface area contributed by atoms with Crippen molar-refractivity contribution < 1.29 is 22.7 Å². The van der Waals surface area contributed by atoms with Crippen molar-refractivity contribution in [2.45, 2.75) is 39.0 Å². The van der Waals surface area contributed by atoms with Crippen LogP contribution in [0.1, 0.15) is 38.3 Å². The van der Waals surface area contributed by atoms with Gasteiger partial charge < -0.3 is 10.1 Å². The zero-order chi connectivity index (χ0) is 18.5. The zero-order valence-electron chi connectivity index (χ0n) is 13.3. The molecule has 0 aliphatic rings. The molecule has 0 aliphatic heterocycles. The van der Waals surface area contributed by atoms with Crippen molar-refractivity contribution in [1.82, 2.24) is 5.32 Å². The first-order valence-corrected chi connectivity index (χ1v) is 7.68. The van der Waals surface area contributed by atoms with E-state index in [-0.39, 0.29) is 28.6 Å². The summed E-state index contributed by atoms with van der Waals surface area (Å²) in [6.45, 7) is 5.43. The van der Waals surface area contributed by atoms with Crippen LogP contribution in [0.2, 0.25) is 10.0 Å². The van der Waals surface area contributed by atoms with Gasteiger partial charge in [-0.2, -0.15) is 13.2 Å². The molecule has 0 spiro atoms. The van der Waals surface area contributed by atoms with E-state index in [0.29, 0.717) is 0 Å². The molecule has 0 bridgehead atoms. The molecule has 0 fully saturated rings. The summed E-state index contributed by atoms with van der Waals surface area (Å²) in [5, 5.41) is 2.15. The van der Waals surface area contributed by atoms with Gasteiger partial charge in [-0.25, -0.2) is 4.79 Å². The normalized spacial score (nSPS) is 11.5. The Morgan fingerprint density at radius 1 is 1.21 bits per heavy atom. The van der Waals surface area contributed by atoms with Gasteiger partial charge in [0.1, 0.15) is 5.60 Å². The molecule has 0 atom stereocenters. The second kappa shape index (κ2) is 8.00. The van der Waals surface area contributed by atoms with Crippen molar-refractivity contribution in [3.63, 3.8) is 0 Å². The smallest absolute Gasteiger partial charge is 0.416 e. The van der Waals surface area contributed by atoms with E-state index in [9.17, 15) is 18.0 Å². The Bertz CT molecular complexity index is 648. The highest BCUT2D eigenvalue weighted by atomic mass is 35.5. The number of carbonyl (C=O) groups excluding carboxylic acids is 1. The number of amides is 1. The SMILES string of the molecule is CC(C)(C)OC(=O)NCCC#Cc1c(Cl)cc(C(F)(F)F)cc1Cl. The molecular formula is C16H16Cl2F3NO2. The predicted molar refractivity (Wildman–Crippen MR) is 87.2 cm³/mol. The fourth-order valence-corrected chi connectivity index (χ4v) is 2.13. The van der Waals surface area contributed by atoms with E-state index in [1.165, 1.54) is 0 Å². The summed E-state index contributed by atoms with van der Waals surface area (Å²) in [4.78, 5) is 11.4. The third-order valence-corrected chi connectivity index (χ3v) is 3.10. The number of alkyl halides is 3. The molecule has 1 amide bonds. The Morgan fingerprint density at radius 2 is 1.75 bits per heavy atom. The number of rotatable bonds is 2. The van der Waals surface area contributed by atoms with Crippen LogP contribution in [0.25, 0.3) is 0 Å². The molecule has 0 aliphatic carbocycles. The van der Waals surface area contributed by atoms with Gasteiger partial charge in [-0.15, -0.1) is 0 Å². The van der Waals surface area contributed by atoms with Gasteiger partial charge in [0.25, 0.3) is 0 Å². The third kappa shape index (κ3) is 6.90. The van der Waals surface area contributed by atoms with Crippen LogP contribution in [0.15, 0.2) is 12.1 Å². The molecule has 0 saturated heterocycles. The molecule has 1 aromatic carbocycles. The van der Waals surface area contributed by atoms with Crippen LogP contribution in [-0.4, -0.2) is 18.2 Å². The number of carbonyl (C=O) groups is 1. The lowest BCUT2D eigenvalue weighted by Crippen LogP contribution is -2.32. The van der Waals surface area contributed by atoms with Crippen molar-refractivity contribution in [1.29, 1.82) is 0 Å². The number of halogens is 5. The van der Waals surface area contributed by atoms with Crippen LogP contribution in [0, 0.1) is 11.8 Å². The van der Waals surface area contributed by atoms with E-state index >= 15 is 0 Å². The van der Waals surface area contributed by atoms with Crippen molar-refractivity contribution in [3.05, 3.63) is 33.3 Å². The standard InChI is InChI=1S/C16H16Cl2F3NO2/c1-15(2,3)24-14(23)22-7-5-4-6-11-12(17)8-10(9-13(11)18)16(19,20)21/h8-9H,5,7H2,1-3H3,(H,22,23). The average Bonchev–Trinajstić information content (AvgIpc) is 2.37. The van der Waals surface area contributed by atoms with Gasteiger partial charge in [-0.05, 0) is 32.9 Å². The Balaban J connectivity index is 2.66. The van der Waals surface area contributed by atoms with Gasteiger partial charge in [0.05, 0.1) is 21.2 Å². The Labute approximate surface area is 148 Å². The molecule has 0 heterocycles. The molecule has 0 radical (unpaired) electrons. The number of hydrogen-bond donors (Lipinski definition) is 1. The summed E-state index contributed by atoms with van der Waals surface area (Å²) in [6, 6.07) is 1.55. The van der Waals surface area contributed by atoms with E-state index in [4.69, 9.17) is 27.9 Å². The summed E-state index contributed by atoms with van der Waals surface area (Å²) in [7, 11) is 0. The molecule has 0 saturated carbocycles. The van der Waals surface area contributed by atoms with E-state index in [2.05, 4.69) is 17.2 Å². The topological polar surface area (TPSA) is 38.3 Å². The lowest BCUT2D eigenvalue weighted by molar-refractivity contribution is -0.137. The molecule has 1 N–H and O–H groups in total. The van der Waals surface area contributed by atoms with Crippen LogP contribution in [0.5, 0.6) is 0 Å². The lowest BCUT2D eigenvalue weighted by Gasteiger charge is -2.19. The van der Waals surface area contributed by atoms with Crippen molar-refractivity contribution in [2.24, 2.45) is 0 Å². The van der Waals surface area contributed by atoms with Gasteiger partial charge in [-0.1, -0.05) is 35.0 Å². The third-order valence-electron chi connectivity index (χ3n) is 2.50. The molecule has 24 heavy (non-hydrogen) atoms. The fourth-order valence-electron chi connectivity index (χ4n) is 1.55. The molecule has 0 unspecified atom stereocenters. The predicted octanol–water partition coefficient (Wildman–Crippen LogP) is 5.28. The van der Waals surface area contributed by atoms with Crippen molar-refractivity contribution in [2.75, 3.05) is 6.54 Å². The van der Waals surface area contributed by atoms with Crippen molar-refractivity contribution in [3.8, 4) is 11.8 Å². The second-order valence-electron chi connectivity index (χ2n) is 5.79. The first-order valence-electron chi connectivity index (χ1n) is 6.92. The summed E-state index contributed by atoms with van der Waals surface area (Å²) < 4.78 is 42.9. The van der Waals surface area contributed by atoms with Gasteiger partial charge >= 0.3 is 12.3 Å². The summed E-state index contributed by atoms with van der Waals surface area (Å²) >= 11 is 11.6. The number of alkyl carbamates (subject to hydrolysis) is 1. The molecular weight excluding hydrogens is 366 g/mol. The minimum atomic E-state index is -4.53. The summed E-state index contributed by atoms with van der Waals surface area (Å²) in [6.07, 6.45) is -4.85. The first-order chi connectivity index (χ1) is 10.9. The Morgan fingerprint density at radius 3 is 2.21 bits per heavy atom. The Kier molecular flexibility index (Phi) is 6.82. The highest BCUT2D eigenvalue weighted by molar-refractivity contribution is 6.36. The molecule has 132 valence electrons. The number of nitrogens with one attached hydrogen (secondary N) is 1. The number of ether oxygens (including phenoxy) is 1. The molecule has 1 rings (SSSR count). The maximum Gasteiger partial charge on any atom is 0.416 e. The van der Waals surface area contributed by atoms with E-state index < -0.39 is 23.4 Å². The average molecular weight is 382 g/mol. The Hall–Kier alpha value is -1.58. The van der Waals surface area contributed by atoms with E-state index in [1.54, 1.807) is 20.8 Å². The first kappa shape index (κ1) is 20.5. The van der Waals surface area contributed by atoms with Crippen LogP contribution >= 0.6 is 23.2 Å². The van der Waals surface area contributed by atoms with Gasteiger partial charge in [0, 0.05) is 13.0 Å². The van der Waals surface area contributed by atoms with Gasteiger partial charge in [-0.3, -0.25) is 0 Å². The largest absolute Gasteiger partial charge is 0.444 e. The number of benzene rings is 1. The van der Waals surface area contributed by atoms with Crippen LogP contribution in [-0.2, 0) is 10.9 Å². The minimum absolute atomic E-state index is 0.114. The second-order valence-corrected chi connectivity index (χ2v) is 6.61. The lowest BCUT2D eigenvalue weighted by atomic mass is 10.1. The molecule has 1 aromatic rings. The van der Waals surface area contributed by atoms with Crippen molar-refractivity contribution >= 4 is 29.3 Å². The molecule has 0 aromatic heterocycles. The summed E-state index contributed by atoms with van der Waals surface area (Å²) in [5.41, 5.74) is -1.42. The molecule has 3 nitrogen and oxygen atoms in total. The maximum atomic E-state index is 12.6. The van der Waals surface area contributed by atoms with Gasteiger partial charge in [0.15, 0.2) is 0 Å². The maximum absolute atomic E-state index is 12.6. The minimum Gasteiger partial charge on any atom is -0.444 e. The van der Waals surface area contributed by atoms with E-state index in [0.717, 1.165) is 12.1 Å². The monoisotopic (exact) mass is 381 g/mol.